The number of nitrogens with zero attached hydrogens (tertiary/aromatic N) is 24. The lowest BCUT2D eigenvalue weighted by molar-refractivity contribution is 0.660. The Hall–Kier alpha value is -19.2. The molecule has 0 saturated heterocycles. The standard InChI is InChI=1S/C39H26N8.2C36H20N8O/c1-39(2)30-15-5-3-10-24(30)29-22-23(17-18-31(29)39)33-43-37(46-32-16-6-4-11-25(32)26-12-7-19-40-34(26)46)45-38(44-33)47-35-27(13-8-20-41-35)28-14-9-21-42-36(28)47;1-3-16-28-21(9-1)24-13-6-18-37-32(24)43(28)35-40-31(27-12-5-11-23-22-10-2-4-17-29(22)45-30(23)27)41-36(42-35)44-33-25(14-7-19-38-33)26-15-8-20-39-34(26)44;1-3-13-28-22(8-1)25-10-5-17-37-32(25)43(28)35-40-31(21-15-16-24-23-9-2-4-14-29(23)45-30(24)20-21)41-36(42-35)44-33-26(11-6-18-38-33)27-12-7-19-39-34(27)44/h3-22H,1-2H3;2*1-20H. The summed E-state index contributed by atoms with van der Waals surface area (Å²) in [7, 11) is 0. The molecule has 0 fully saturated rings. The molecule has 0 radical (unpaired) electrons. The van der Waals surface area contributed by atoms with E-state index in [2.05, 4.69) is 147 Å². The average Bonchev–Trinajstić information content (AvgIpc) is 1.57. The zero-order valence-corrected chi connectivity index (χ0v) is 72.7. The quantitative estimate of drug-likeness (QED) is 0.130. The van der Waals surface area contributed by atoms with Crippen LogP contribution < -0.4 is 0 Å². The number of rotatable bonds is 9. The summed E-state index contributed by atoms with van der Waals surface area (Å²) < 4.78 is 24.4. The molecule has 30 rings (SSSR count). The van der Waals surface area contributed by atoms with Crippen LogP contribution >= 0.6 is 0 Å². The van der Waals surface area contributed by atoms with Crippen molar-refractivity contribution in [3.63, 3.8) is 0 Å². The fraction of sp³-hybridized carbons (Fsp3) is 0.0270. The van der Waals surface area contributed by atoms with Gasteiger partial charge in [0.25, 0.3) is 0 Å². The summed E-state index contributed by atoms with van der Waals surface area (Å²) in [6.45, 7) is 4.57. The Kier molecular flexibility index (Phi) is 16.7. The average molecular weight is 1770 g/mol. The van der Waals surface area contributed by atoms with Crippen LogP contribution in [-0.2, 0) is 5.41 Å². The van der Waals surface area contributed by atoms with Crippen molar-refractivity contribution in [2.45, 2.75) is 19.3 Å². The van der Waals surface area contributed by atoms with Crippen molar-refractivity contribution in [2.24, 2.45) is 0 Å². The first-order valence-corrected chi connectivity index (χ1v) is 44.7. The third-order valence-corrected chi connectivity index (χ3v) is 26.3. The van der Waals surface area contributed by atoms with Gasteiger partial charge >= 0.3 is 0 Å². The number of benzene rings is 9. The van der Waals surface area contributed by atoms with E-state index in [1.165, 1.54) is 22.3 Å². The number of fused-ring (bicyclic) bond motifs is 27. The van der Waals surface area contributed by atoms with Crippen molar-refractivity contribution in [1.29, 1.82) is 0 Å². The highest BCUT2D eigenvalue weighted by molar-refractivity contribution is 6.14. The maximum absolute atomic E-state index is 6.43. The summed E-state index contributed by atoms with van der Waals surface area (Å²) in [5.41, 5.74) is 19.9. The molecule has 642 valence electrons. The molecule has 0 spiro atoms. The van der Waals surface area contributed by atoms with Gasteiger partial charge in [0, 0.05) is 158 Å². The lowest BCUT2D eigenvalue weighted by Crippen LogP contribution is -2.14. The molecule has 1 aliphatic carbocycles. The number of hydrogen-bond acceptors (Lipinski definition) is 20. The van der Waals surface area contributed by atoms with Gasteiger partial charge in [-0.25, -0.2) is 58.6 Å². The van der Waals surface area contributed by atoms with Crippen LogP contribution in [0.5, 0.6) is 0 Å². The Morgan fingerprint density at radius 2 is 0.482 bits per heavy atom. The SMILES string of the molecule is CC1(C)c2ccccc2-c2cc(-c3nc(-n4c5ccccc5c5cccnc54)nc(-n4c5ncccc5c5cccnc54)n3)ccc21.c1ccc2c(c1)oc1c(-c3nc(-n4c5ccccc5c5cccnc54)nc(-n4c5ncccc5c5cccnc54)n3)cccc12.c1ccc2c(c1)oc1cc(-c3nc(-n4c5ccccc5c5cccnc54)nc(-n4c5ncccc5c5cccnc54)n3)ccc12. The van der Waals surface area contributed by atoms with E-state index in [1.807, 2.05) is 203 Å². The van der Waals surface area contributed by atoms with E-state index < -0.39 is 0 Å². The predicted octanol–water partition coefficient (Wildman–Crippen LogP) is 23.9. The number of hydrogen-bond donors (Lipinski definition) is 0. The molecule has 0 atom stereocenters. The van der Waals surface area contributed by atoms with Gasteiger partial charge in [-0.05, 0) is 186 Å². The van der Waals surface area contributed by atoms with Gasteiger partial charge in [-0.1, -0.05) is 159 Å². The largest absolute Gasteiger partial charge is 0.456 e. The van der Waals surface area contributed by atoms with Crippen LogP contribution in [0.2, 0.25) is 0 Å². The minimum absolute atomic E-state index is 0.102. The maximum Gasteiger partial charge on any atom is 0.242 e. The van der Waals surface area contributed by atoms with Gasteiger partial charge in [0.05, 0.1) is 22.1 Å². The first-order valence-electron chi connectivity index (χ1n) is 44.7. The predicted molar refractivity (Wildman–Crippen MR) is 534 cm³/mol. The van der Waals surface area contributed by atoms with Crippen molar-refractivity contribution in [3.8, 4) is 81.0 Å². The Labute approximate surface area is 773 Å². The Morgan fingerprint density at radius 3 is 0.898 bits per heavy atom. The van der Waals surface area contributed by atoms with E-state index in [0.717, 1.165) is 164 Å². The molecular weight excluding hydrogens is 1700 g/mol. The molecule has 137 heavy (non-hydrogen) atoms. The first kappa shape index (κ1) is 76.6. The monoisotopic (exact) mass is 1770 g/mol. The van der Waals surface area contributed by atoms with Gasteiger partial charge in [0.2, 0.25) is 35.7 Å². The van der Waals surface area contributed by atoms with Crippen LogP contribution in [0.3, 0.4) is 0 Å². The highest BCUT2D eigenvalue weighted by Gasteiger charge is 2.36. The first-order chi connectivity index (χ1) is 67.7. The second kappa shape index (κ2) is 29.9. The fourth-order valence-electron chi connectivity index (χ4n) is 20.3. The Balaban J connectivity index is 0.000000102. The smallest absolute Gasteiger partial charge is 0.242 e. The van der Waals surface area contributed by atoms with Crippen LogP contribution in [0.15, 0.2) is 374 Å². The van der Waals surface area contributed by atoms with Crippen LogP contribution in [0.25, 0.3) is 257 Å². The summed E-state index contributed by atoms with van der Waals surface area (Å²) in [4.78, 5) is 89.0. The van der Waals surface area contributed by atoms with Crippen molar-refractivity contribution >= 4 is 176 Å². The highest BCUT2D eigenvalue weighted by atomic mass is 16.3. The van der Waals surface area contributed by atoms with Crippen molar-refractivity contribution in [1.82, 2.24) is 117 Å². The molecule has 9 aromatic carbocycles. The maximum atomic E-state index is 6.43. The minimum atomic E-state index is -0.102. The zero-order chi connectivity index (χ0) is 90.2. The van der Waals surface area contributed by atoms with Crippen molar-refractivity contribution in [2.75, 3.05) is 0 Å². The third-order valence-electron chi connectivity index (χ3n) is 26.3. The molecule has 20 aromatic heterocycles. The van der Waals surface area contributed by atoms with Crippen molar-refractivity contribution in [3.05, 3.63) is 376 Å². The lowest BCUT2D eigenvalue weighted by atomic mass is 9.82. The van der Waals surface area contributed by atoms with Gasteiger partial charge in [0.1, 0.15) is 73.2 Å². The lowest BCUT2D eigenvalue weighted by Gasteiger charge is -2.21. The highest BCUT2D eigenvalue weighted by Crippen LogP contribution is 2.50. The van der Waals surface area contributed by atoms with Crippen LogP contribution in [0.1, 0.15) is 25.0 Å². The molecule has 0 N–H and O–H groups in total. The van der Waals surface area contributed by atoms with E-state index in [0.29, 0.717) is 81.3 Å². The second-order valence-electron chi connectivity index (χ2n) is 34.2. The minimum Gasteiger partial charge on any atom is -0.456 e. The molecular formula is C111H66N24O2. The molecule has 26 nitrogen and oxygen atoms in total. The number of aromatic nitrogens is 24. The summed E-state index contributed by atoms with van der Waals surface area (Å²) in [5.74, 6) is 4.06. The summed E-state index contributed by atoms with van der Waals surface area (Å²) >= 11 is 0. The number of furan rings is 2. The van der Waals surface area contributed by atoms with Gasteiger partial charge in [-0.2, -0.15) is 44.9 Å². The number of pyridine rings is 9. The molecule has 0 amide bonds. The summed E-state index contributed by atoms with van der Waals surface area (Å²) in [6.07, 6.45) is 16.0. The van der Waals surface area contributed by atoms with E-state index in [4.69, 9.17) is 98.5 Å². The molecule has 26 heteroatoms. The van der Waals surface area contributed by atoms with E-state index in [-0.39, 0.29) is 5.41 Å². The molecule has 1 aliphatic rings. The zero-order valence-electron chi connectivity index (χ0n) is 72.7. The van der Waals surface area contributed by atoms with E-state index in [9.17, 15) is 0 Å². The molecule has 0 saturated carbocycles. The van der Waals surface area contributed by atoms with Crippen LogP contribution in [0.4, 0.5) is 0 Å². The van der Waals surface area contributed by atoms with Crippen LogP contribution in [0, 0.1) is 0 Å². The summed E-state index contributed by atoms with van der Waals surface area (Å²) in [6, 6.07) is 104. The summed E-state index contributed by atoms with van der Waals surface area (Å²) in [5, 5.41) is 16.2. The van der Waals surface area contributed by atoms with Gasteiger partial charge < -0.3 is 8.83 Å². The van der Waals surface area contributed by atoms with Gasteiger partial charge in [-0.3, -0.25) is 13.7 Å². The normalized spacial score (nSPS) is 12.5. The van der Waals surface area contributed by atoms with E-state index in [1.54, 1.807) is 55.8 Å². The van der Waals surface area contributed by atoms with Crippen molar-refractivity contribution < 1.29 is 8.83 Å². The van der Waals surface area contributed by atoms with Gasteiger partial charge in [-0.15, -0.1) is 0 Å². The number of para-hydroxylation sites is 6. The molecule has 0 aliphatic heterocycles. The second-order valence-corrected chi connectivity index (χ2v) is 34.2. The third kappa shape index (κ3) is 11.7. The van der Waals surface area contributed by atoms with Crippen LogP contribution in [-0.4, -0.2) is 117 Å². The molecule has 20 heterocycles. The topological polar surface area (TPSA) is 288 Å². The Bertz CT molecular complexity index is 9420. The molecule has 0 bridgehead atoms. The van der Waals surface area contributed by atoms with E-state index >= 15 is 0 Å². The molecule has 29 aromatic rings. The molecule has 0 unspecified atom stereocenters. The Morgan fingerprint density at radius 1 is 0.197 bits per heavy atom. The van der Waals surface area contributed by atoms with Gasteiger partial charge in [0.15, 0.2) is 17.5 Å². The fourth-order valence-corrected chi connectivity index (χ4v) is 20.3.